The maximum atomic E-state index is 12.7. The monoisotopic (exact) mass is 493 g/mol. The number of carbonyl (C=O) groups excluding carboxylic acids is 2. The van der Waals surface area contributed by atoms with Gasteiger partial charge in [-0.25, -0.2) is 9.78 Å². The van der Waals surface area contributed by atoms with E-state index in [4.69, 9.17) is 9.47 Å². The number of nitrogens with zero attached hydrogens (tertiary/aromatic N) is 5. The Balaban J connectivity index is 1.41. The van der Waals surface area contributed by atoms with Crippen LogP contribution in [0.3, 0.4) is 0 Å². The van der Waals surface area contributed by atoms with E-state index in [1.165, 1.54) is 6.20 Å². The van der Waals surface area contributed by atoms with E-state index in [0.29, 0.717) is 68.0 Å². The summed E-state index contributed by atoms with van der Waals surface area (Å²) in [6.45, 7) is 8.91. The van der Waals surface area contributed by atoms with Crippen molar-refractivity contribution < 1.29 is 19.1 Å². The van der Waals surface area contributed by atoms with Gasteiger partial charge in [-0.2, -0.15) is 10.2 Å². The highest BCUT2D eigenvalue weighted by molar-refractivity contribution is 5.94. The molecule has 2 N–H and O–H groups in total. The van der Waals surface area contributed by atoms with Crippen LogP contribution in [0, 0.1) is 11.3 Å². The van der Waals surface area contributed by atoms with Crippen molar-refractivity contribution in [3.63, 3.8) is 0 Å². The number of ether oxygens (including phenoxy) is 2. The maximum Gasteiger partial charge on any atom is 0.407 e. The number of hydrogen-bond acceptors (Lipinski definition) is 9. The largest absolute Gasteiger partial charge is 0.444 e. The van der Waals surface area contributed by atoms with Crippen molar-refractivity contribution in [1.29, 1.82) is 5.26 Å². The molecule has 1 atom stereocenters. The van der Waals surface area contributed by atoms with Gasteiger partial charge in [0.1, 0.15) is 17.2 Å². The standard InChI is InChI=1S/C25H31N7O4/c1-25(2,3)36-24(34)29-20-8-9-32(16-20)23-27-15-18(14-26)21(30-23)28-19-6-4-17(5-7-19)22(33)31-10-12-35-13-11-31/h4-7,15,20H,8-13,16H2,1-3H3,(H,29,34)(H,27,28,30)/t20-/m0/s1. The minimum absolute atomic E-state index is 0.0320. The molecule has 2 aliphatic rings. The van der Waals surface area contributed by atoms with Crippen molar-refractivity contribution in [3.8, 4) is 6.07 Å². The number of nitriles is 1. The highest BCUT2D eigenvalue weighted by atomic mass is 16.6. The van der Waals surface area contributed by atoms with E-state index in [0.717, 1.165) is 6.42 Å². The first-order valence-corrected chi connectivity index (χ1v) is 12.0. The predicted octanol–water partition coefficient (Wildman–Crippen LogP) is 2.67. The Morgan fingerprint density at radius 2 is 1.89 bits per heavy atom. The van der Waals surface area contributed by atoms with Gasteiger partial charge in [-0.1, -0.05) is 0 Å². The highest BCUT2D eigenvalue weighted by Crippen LogP contribution is 2.24. The van der Waals surface area contributed by atoms with Crippen LogP contribution in [0.5, 0.6) is 0 Å². The van der Waals surface area contributed by atoms with E-state index in [9.17, 15) is 14.9 Å². The van der Waals surface area contributed by atoms with Gasteiger partial charge in [0.25, 0.3) is 5.91 Å². The van der Waals surface area contributed by atoms with E-state index in [1.54, 1.807) is 29.2 Å². The van der Waals surface area contributed by atoms with Gasteiger partial charge in [-0.05, 0) is 51.5 Å². The number of anilines is 3. The average Bonchev–Trinajstić information content (AvgIpc) is 3.31. The molecule has 0 radical (unpaired) electrons. The number of amides is 2. The smallest absolute Gasteiger partial charge is 0.407 e. The first-order chi connectivity index (χ1) is 17.2. The van der Waals surface area contributed by atoms with Crippen LogP contribution in [0.2, 0.25) is 0 Å². The lowest BCUT2D eigenvalue weighted by atomic mass is 10.1. The van der Waals surface area contributed by atoms with Crippen LogP contribution < -0.4 is 15.5 Å². The molecule has 0 aliphatic carbocycles. The third-order valence-electron chi connectivity index (χ3n) is 5.78. The van der Waals surface area contributed by atoms with Gasteiger partial charge in [-0.15, -0.1) is 0 Å². The third-order valence-corrected chi connectivity index (χ3v) is 5.78. The average molecular weight is 494 g/mol. The molecule has 0 bridgehead atoms. The number of rotatable bonds is 5. The van der Waals surface area contributed by atoms with Gasteiger partial charge in [-0.3, -0.25) is 4.79 Å². The minimum atomic E-state index is -0.562. The number of benzene rings is 1. The summed E-state index contributed by atoms with van der Waals surface area (Å²) >= 11 is 0. The van der Waals surface area contributed by atoms with Gasteiger partial charge in [0.05, 0.1) is 25.5 Å². The molecule has 1 aromatic carbocycles. The van der Waals surface area contributed by atoms with Gasteiger partial charge >= 0.3 is 6.09 Å². The summed E-state index contributed by atoms with van der Waals surface area (Å²) in [5.74, 6) is 0.804. The van der Waals surface area contributed by atoms with Gasteiger partial charge < -0.3 is 29.9 Å². The molecule has 0 spiro atoms. The number of hydrogen-bond donors (Lipinski definition) is 2. The lowest BCUT2D eigenvalue weighted by Gasteiger charge is -2.26. The van der Waals surface area contributed by atoms with E-state index in [-0.39, 0.29) is 11.9 Å². The van der Waals surface area contributed by atoms with Crippen molar-refractivity contribution >= 4 is 29.5 Å². The Hall–Kier alpha value is -3.91. The van der Waals surface area contributed by atoms with Crippen LogP contribution in [-0.4, -0.2) is 77.9 Å². The summed E-state index contributed by atoms with van der Waals surface area (Å²) in [5, 5.41) is 15.6. The number of carbonyl (C=O) groups is 2. The molecule has 0 saturated carbocycles. The summed E-state index contributed by atoms with van der Waals surface area (Å²) in [6.07, 6.45) is 1.76. The SMILES string of the molecule is CC(C)(C)OC(=O)N[C@H]1CCN(c2ncc(C#N)c(Nc3ccc(C(=O)N4CCOCC4)cc3)n2)C1. The fraction of sp³-hybridized carbons (Fsp3) is 0.480. The van der Waals surface area contributed by atoms with Crippen molar-refractivity contribution in [1.82, 2.24) is 20.2 Å². The van der Waals surface area contributed by atoms with E-state index in [2.05, 4.69) is 26.7 Å². The zero-order valence-corrected chi connectivity index (χ0v) is 20.8. The van der Waals surface area contributed by atoms with Crippen molar-refractivity contribution in [2.45, 2.75) is 38.8 Å². The molecule has 2 amide bonds. The summed E-state index contributed by atoms with van der Waals surface area (Å²) in [5.41, 5.74) is 1.02. The molecule has 11 nitrogen and oxygen atoms in total. The quantitative estimate of drug-likeness (QED) is 0.645. The Morgan fingerprint density at radius 3 is 2.56 bits per heavy atom. The minimum Gasteiger partial charge on any atom is -0.444 e. The first kappa shape index (κ1) is 25.2. The molecule has 11 heteroatoms. The van der Waals surface area contributed by atoms with Crippen LogP contribution in [0.1, 0.15) is 43.1 Å². The molecule has 190 valence electrons. The fourth-order valence-corrected chi connectivity index (χ4v) is 4.02. The van der Waals surface area contributed by atoms with Crippen molar-refractivity contribution in [2.24, 2.45) is 0 Å². The lowest BCUT2D eigenvalue weighted by Crippen LogP contribution is -2.40. The second-order valence-electron chi connectivity index (χ2n) is 9.73. The molecule has 1 aromatic heterocycles. The van der Waals surface area contributed by atoms with Crippen LogP contribution in [0.25, 0.3) is 0 Å². The first-order valence-electron chi connectivity index (χ1n) is 12.0. The van der Waals surface area contributed by atoms with Crippen LogP contribution >= 0.6 is 0 Å². The second kappa shape index (κ2) is 10.8. The lowest BCUT2D eigenvalue weighted by molar-refractivity contribution is 0.0303. The normalized spacial score (nSPS) is 17.9. The zero-order valence-electron chi connectivity index (χ0n) is 20.8. The third kappa shape index (κ3) is 6.40. The van der Waals surface area contributed by atoms with E-state index in [1.807, 2.05) is 25.7 Å². The topological polar surface area (TPSA) is 133 Å². The van der Waals surface area contributed by atoms with Crippen LogP contribution in [0.15, 0.2) is 30.5 Å². The molecule has 2 fully saturated rings. The summed E-state index contributed by atoms with van der Waals surface area (Å²) in [6, 6.07) is 9.09. The Bertz CT molecular complexity index is 1130. The van der Waals surface area contributed by atoms with Crippen molar-refractivity contribution in [3.05, 3.63) is 41.6 Å². The predicted molar refractivity (Wildman–Crippen MR) is 133 cm³/mol. The van der Waals surface area contributed by atoms with E-state index >= 15 is 0 Å². The summed E-state index contributed by atoms with van der Waals surface area (Å²) in [7, 11) is 0. The number of alkyl carbamates (subject to hydrolysis) is 1. The number of aromatic nitrogens is 2. The molecule has 4 rings (SSSR count). The Kier molecular flexibility index (Phi) is 7.55. The van der Waals surface area contributed by atoms with Crippen LogP contribution in [-0.2, 0) is 9.47 Å². The summed E-state index contributed by atoms with van der Waals surface area (Å²) < 4.78 is 10.6. The molecule has 2 aliphatic heterocycles. The summed E-state index contributed by atoms with van der Waals surface area (Å²) in [4.78, 5) is 37.4. The Morgan fingerprint density at radius 1 is 1.17 bits per heavy atom. The molecule has 36 heavy (non-hydrogen) atoms. The highest BCUT2D eigenvalue weighted by Gasteiger charge is 2.28. The number of nitrogens with one attached hydrogen (secondary N) is 2. The molecular weight excluding hydrogens is 462 g/mol. The molecule has 2 aromatic rings. The van der Waals surface area contributed by atoms with Crippen molar-refractivity contribution in [2.75, 3.05) is 49.6 Å². The van der Waals surface area contributed by atoms with Crippen LogP contribution in [0.4, 0.5) is 22.2 Å². The Labute approximate surface area is 210 Å². The second-order valence-corrected chi connectivity index (χ2v) is 9.73. The fourth-order valence-electron chi connectivity index (χ4n) is 4.02. The van der Waals surface area contributed by atoms with Gasteiger partial charge in [0.2, 0.25) is 5.95 Å². The molecule has 3 heterocycles. The number of morpholine rings is 1. The maximum absolute atomic E-state index is 12.7. The molecular formula is C25H31N7O4. The van der Waals surface area contributed by atoms with Gasteiger partial charge in [0.15, 0.2) is 5.82 Å². The zero-order chi connectivity index (χ0) is 25.7. The van der Waals surface area contributed by atoms with E-state index < -0.39 is 11.7 Å². The molecule has 2 saturated heterocycles. The van der Waals surface area contributed by atoms with Gasteiger partial charge in [0, 0.05) is 37.4 Å². The molecule has 0 unspecified atom stereocenters.